The van der Waals surface area contributed by atoms with Crippen molar-refractivity contribution in [3.8, 4) is 34.5 Å². The van der Waals surface area contributed by atoms with Gasteiger partial charge in [-0.05, 0) is 184 Å². The van der Waals surface area contributed by atoms with E-state index in [1.807, 2.05) is 51.1 Å². The number of aryl methyl sites for hydroxylation is 1. The lowest BCUT2D eigenvalue weighted by atomic mass is 9.84. The lowest BCUT2D eigenvalue weighted by Crippen LogP contribution is -2.35. The number of hydrogen-bond donors (Lipinski definition) is 2. The second kappa shape index (κ2) is 22.9. The van der Waals surface area contributed by atoms with Gasteiger partial charge in [0.15, 0.2) is 0 Å². The largest absolute Gasteiger partial charge is 0.508 e. The summed E-state index contributed by atoms with van der Waals surface area (Å²) >= 11 is 0. The van der Waals surface area contributed by atoms with E-state index >= 15 is 0 Å². The second-order valence-electron chi connectivity index (χ2n) is 18.8. The maximum Gasteiger partial charge on any atom is 0.150 e. The van der Waals surface area contributed by atoms with Crippen molar-refractivity contribution in [2.75, 3.05) is 45.9 Å². The van der Waals surface area contributed by atoms with Gasteiger partial charge < -0.3 is 29.2 Å². The molecule has 2 saturated heterocycles. The van der Waals surface area contributed by atoms with Gasteiger partial charge in [0.1, 0.15) is 65.7 Å². The summed E-state index contributed by atoms with van der Waals surface area (Å²) in [6, 6.07) is 42.1. The molecule has 4 unspecified atom stereocenters. The second-order valence-corrected chi connectivity index (χ2v) is 18.8. The Balaban J connectivity index is 0.000000182. The molecule has 366 valence electrons. The van der Waals surface area contributed by atoms with Crippen molar-refractivity contribution in [2.45, 2.75) is 86.0 Å². The van der Waals surface area contributed by atoms with Crippen LogP contribution in [0, 0.1) is 18.7 Å². The summed E-state index contributed by atoms with van der Waals surface area (Å²) in [4.78, 5) is 4.95. The first-order valence-corrected chi connectivity index (χ1v) is 25.1. The molecule has 4 heterocycles. The molecule has 0 bridgehead atoms. The molecule has 0 aliphatic carbocycles. The van der Waals surface area contributed by atoms with Gasteiger partial charge in [-0.1, -0.05) is 81.4 Å². The lowest BCUT2D eigenvalue weighted by molar-refractivity contribution is 0.169. The van der Waals surface area contributed by atoms with Crippen LogP contribution < -0.4 is 18.9 Å². The lowest BCUT2D eigenvalue weighted by Gasteiger charge is -2.32. The SMILES string of the molecule is CC.CC1=C(c2ccc(F)cc2)C(c2ccc(OCCN3CCCC3)cc2)Oc2ccc(O)cc21.CC1=C(c2ccccc2C)C(c2ccc(OCC(C)N3CCC(C)C3)cc2)Oc2ccc(O)cc21. The molecular formula is C61H69FN2O6. The highest BCUT2D eigenvalue weighted by atomic mass is 19.1. The third-order valence-corrected chi connectivity index (χ3v) is 14.0. The van der Waals surface area contributed by atoms with Gasteiger partial charge >= 0.3 is 0 Å². The number of rotatable bonds is 12. The first-order valence-electron chi connectivity index (χ1n) is 25.1. The van der Waals surface area contributed by atoms with E-state index in [2.05, 4.69) is 86.0 Å². The molecular weight excluding hydrogens is 876 g/mol. The summed E-state index contributed by atoms with van der Waals surface area (Å²) in [5.74, 6) is 4.15. The van der Waals surface area contributed by atoms with Crippen molar-refractivity contribution in [3.05, 3.63) is 178 Å². The molecule has 6 aromatic carbocycles. The highest BCUT2D eigenvalue weighted by molar-refractivity contribution is 5.97. The fourth-order valence-electron chi connectivity index (χ4n) is 10.0. The average molecular weight is 945 g/mol. The molecule has 0 spiro atoms. The minimum absolute atomic E-state index is 0.184. The number of benzene rings is 6. The average Bonchev–Trinajstić information content (AvgIpc) is 4.08. The minimum atomic E-state index is -0.355. The maximum atomic E-state index is 13.6. The molecule has 0 aromatic heterocycles. The van der Waals surface area contributed by atoms with Gasteiger partial charge in [-0.2, -0.15) is 0 Å². The van der Waals surface area contributed by atoms with Gasteiger partial charge in [0, 0.05) is 41.4 Å². The Morgan fingerprint density at radius 2 is 1.19 bits per heavy atom. The summed E-state index contributed by atoms with van der Waals surface area (Å²) < 4.78 is 38.7. The first-order chi connectivity index (χ1) is 34.0. The number of allylic oxidation sites excluding steroid dienone is 2. The van der Waals surface area contributed by atoms with E-state index < -0.39 is 0 Å². The Morgan fingerprint density at radius 1 is 0.643 bits per heavy atom. The number of likely N-dealkylation sites (tertiary alicyclic amines) is 2. The monoisotopic (exact) mass is 945 g/mol. The molecule has 8 nitrogen and oxygen atoms in total. The van der Waals surface area contributed by atoms with E-state index in [4.69, 9.17) is 18.9 Å². The smallest absolute Gasteiger partial charge is 0.150 e. The number of fused-ring (bicyclic) bond motifs is 2. The van der Waals surface area contributed by atoms with Crippen LogP contribution in [0.5, 0.6) is 34.5 Å². The summed E-state index contributed by atoms with van der Waals surface area (Å²) in [6.07, 6.45) is 3.24. The Bertz CT molecular complexity index is 2760. The topological polar surface area (TPSA) is 83.9 Å². The summed E-state index contributed by atoms with van der Waals surface area (Å²) in [5.41, 5.74) is 11.3. The zero-order valence-corrected chi connectivity index (χ0v) is 41.9. The standard InChI is InChI=1S/C31H35NO3.C28H28FNO3.C2H6/c1-20-15-16-32(18-20)22(3)19-34-26-12-9-24(10-13-26)31-30(27-8-6-5-7-21(27)2)23(4)28-17-25(33)11-14-29(28)35-31;1-19-25-18-23(31)10-13-26(25)33-28(27(19)20-4-8-22(29)9-5-20)21-6-11-24(12-7-21)32-17-16-30-14-2-3-15-30;1-2/h5-14,17,20,22,31,33H,15-16,18-19H2,1-4H3;4-13,18,28,31H,2-3,14-17H2,1H3;1-2H3. The first kappa shape index (κ1) is 49.9. The Kier molecular flexibility index (Phi) is 16.3. The molecule has 2 fully saturated rings. The van der Waals surface area contributed by atoms with Crippen molar-refractivity contribution in [1.29, 1.82) is 0 Å². The van der Waals surface area contributed by atoms with Crippen molar-refractivity contribution in [1.82, 2.24) is 9.80 Å². The Labute approximate surface area is 414 Å². The van der Waals surface area contributed by atoms with E-state index in [0.29, 0.717) is 25.0 Å². The maximum absolute atomic E-state index is 13.6. The number of phenols is 2. The Morgan fingerprint density at radius 3 is 1.74 bits per heavy atom. The molecule has 6 aromatic rings. The molecule has 10 rings (SSSR count). The molecule has 2 N–H and O–H groups in total. The van der Waals surface area contributed by atoms with Crippen LogP contribution in [-0.2, 0) is 0 Å². The van der Waals surface area contributed by atoms with E-state index in [1.165, 1.54) is 50.0 Å². The molecule has 9 heteroatoms. The number of ether oxygens (including phenoxy) is 4. The summed E-state index contributed by atoms with van der Waals surface area (Å²) in [6.45, 7) is 21.8. The van der Waals surface area contributed by atoms with E-state index in [9.17, 15) is 14.6 Å². The summed E-state index contributed by atoms with van der Waals surface area (Å²) in [5, 5.41) is 20.1. The number of nitrogens with zero attached hydrogens (tertiary/aromatic N) is 2. The normalized spacial score (nSPS) is 19.1. The molecule has 0 amide bonds. The van der Waals surface area contributed by atoms with Crippen molar-refractivity contribution < 1.29 is 33.6 Å². The van der Waals surface area contributed by atoms with Crippen LogP contribution in [0.4, 0.5) is 4.39 Å². The fourth-order valence-corrected chi connectivity index (χ4v) is 10.0. The molecule has 0 saturated carbocycles. The third-order valence-electron chi connectivity index (χ3n) is 14.0. The van der Waals surface area contributed by atoms with Crippen molar-refractivity contribution in [3.63, 3.8) is 0 Å². The Hall–Kier alpha value is -6.55. The van der Waals surface area contributed by atoms with Gasteiger partial charge in [-0.15, -0.1) is 0 Å². The van der Waals surface area contributed by atoms with Crippen molar-refractivity contribution >= 4 is 22.3 Å². The van der Waals surface area contributed by atoms with Crippen LogP contribution in [0.2, 0.25) is 0 Å². The summed E-state index contributed by atoms with van der Waals surface area (Å²) in [7, 11) is 0. The quantitative estimate of drug-likeness (QED) is 0.126. The minimum Gasteiger partial charge on any atom is -0.508 e. The van der Waals surface area contributed by atoms with Gasteiger partial charge in [0.2, 0.25) is 0 Å². The van der Waals surface area contributed by atoms with Crippen LogP contribution in [0.25, 0.3) is 22.3 Å². The number of phenolic OH excluding ortho intramolecular Hbond substituents is 2. The molecule has 70 heavy (non-hydrogen) atoms. The number of aromatic hydroxyl groups is 2. The molecule has 4 atom stereocenters. The number of halogens is 1. The predicted octanol–water partition coefficient (Wildman–Crippen LogP) is 14.0. The van der Waals surface area contributed by atoms with E-state index in [0.717, 1.165) is 98.5 Å². The highest BCUT2D eigenvalue weighted by Gasteiger charge is 2.32. The van der Waals surface area contributed by atoms with Crippen LogP contribution >= 0.6 is 0 Å². The molecule has 4 aliphatic rings. The van der Waals surface area contributed by atoms with E-state index in [1.54, 1.807) is 42.5 Å². The predicted molar refractivity (Wildman–Crippen MR) is 281 cm³/mol. The van der Waals surface area contributed by atoms with Gasteiger partial charge in [0.05, 0.1) is 0 Å². The van der Waals surface area contributed by atoms with Crippen LogP contribution in [-0.4, -0.2) is 72.0 Å². The van der Waals surface area contributed by atoms with E-state index in [-0.39, 0.29) is 29.5 Å². The third kappa shape index (κ3) is 11.5. The fraction of sp³-hybridized carbons (Fsp3) is 0.344. The van der Waals surface area contributed by atoms with Gasteiger partial charge in [0.25, 0.3) is 0 Å². The van der Waals surface area contributed by atoms with Gasteiger partial charge in [-0.3, -0.25) is 9.80 Å². The van der Waals surface area contributed by atoms with Crippen LogP contribution in [0.15, 0.2) is 133 Å². The van der Waals surface area contributed by atoms with Crippen LogP contribution in [0.1, 0.15) is 112 Å². The van der Waals surface area contributed by atoms with Crippen molar-refractivity contribution in [2.24, 2.45) is 5.92 Å². The highest BCUT2D eigenvalue weighted by Crippen LogP contribution is 2.49. The zero-order valence-electron chi connectivity index (χ0n) is 41.9. The molecule has 4 aliphatic heterocycles. The molecule has 0 radical (unpaired) electrons. The zero-order chi connectivity index (χ0) is 49.3. The number of hydrogen-bond acceptors (Lipinski definition) is 8. The van der Waals surface area contributed by atoms with Crippen LogP contribution in [0.3, 0.4) is 0 Å². The van der Waals surface area contributed by atoms with Gasteiger partial charge in [-0.25, -0.2) is 4.39 Å².